The standard InChI is InChI=1S/C25H25NO4/c1-25(2)16-30-22-14-19(11-12-21(22)23(25)26-24(27)28)18-9-6-10-20(13-18)29-15-17-7-4-3-5-8-17/h3-14,23,26H,15-16H2,1-2H3,(H,27,28). The lowest BCUT2D eigenvalue weighted by Crippen LogP contribution is -2.43. The molecular weight excluding hydrogens is 378 g/mol. The highest BCUT2D eigenvalue weighted by Gasteiger charge is 2.38. The second-order valence-corrected chi connectivity index (χ2v) is 8.21. The number of nitrogens with one attached hydrogen (secondary N) is 1. The second-order valence-electron chi connectivity index (χ2n) is 8.21. The van der Waals surface area contributed by atoms with Gasteiger partial charge in [0.25, 0.3) is 0 Å². The van der Waals surface area contributed by atoms with Crippen LogP contribution in [0.4, 0.5) is 4.79 Å². The molecular formula is C25H25NO4. The number of ether oxygens (including phenoxy) is 2. The predicted molar refractivity (Wildman–Crippen MR) is 116 cm³/mol. The van der Waals surface area contributed by atoms with Crippen LogP contribution in [-0.2, 0) is 6.61 Å². The molecule has 2 N–H and O–H groups in total. The highest BCUT2D eigenvalue weighted by atomic mass is 16.5. The average Bonchev–Trinajstić information content (AvgIpc) is 2.75. The van der Waals surface area contributed by atoms with Crippen LogP contribution in [0.15, 0.2) is 72.8 Å². The van der Waals surface area contributed by atoms with Crippen molar-refractivity contribution in [1.29, 1.82) is 0 Å². The van der Waals surface area contributed by atoms with Gasteiger partial charge >= 0.3 is 6.09 Å². The van der Waals surface area contributed by atoms with Crippen molar-refractivity contribution in [3.63, 3.8) is 0 Å². The molecule has 1 heterocycles. The van der Waals surface area contributed by atoms with Gasteiger partial charge in [-0.05, 0) is 34.9 Å². The Bertz CT molecular complexity index is 1050. The molecule has 30 heavy (non-hydrogen) atoms. The van der Waals surface area contributed by atoms with E-state index in [0.29, 0.717) is 19.0 Å². The number of fused-ring (bicyclic) bond motifs is 1. The molecule has 3 aromatic rings. The Labute approximate surface area is 176 Å². The number of hydrogen-bond acceptors (Lipinski definition) is 3. The fourth-order valence-corrected chi connectivity index (χ4v) is 3.75. The topological polar surface area (TPSA) is 67.8 Å². The summed E-state index contributed by atoms with van der Waals surface area (Å²) in [6.07, 6.45) is -1.03. The lowest BCUT2D eigenvalue weighted by atomic mass is 9.78. The van der Waals surface area contributed by atoms with Crippen LogP contribution in [0.25, 0.3) is 11.1 Å². The van der Waals surface area contributed by atoms with E-state index in [0.717, 1.165) is 28.0 Å². The third-order valence-electron chi connectivity index (χ3n) is 5.39. The van der Waals surface area contributed by atoms with Crippen LogP contribution in [0.3, 0.4) is 0 Å². The van der Waals surface area contributed by atoms with Crippen LogP contribution in [0.2, 0.25) is 0 Å². The summed E-state index contributed by atoms with van der Waals surface area (Å²) in [6, 6.07) is 23.6. The molecule has 0 fully saturated rings. The molecule has 3 aromatic carbocycles. The number of benzene rings is 3. The Balaban J connectivity index is 1.57. The zero-order chi connectivity index (χ0) is 21.1. The third kappa shape index (κ3) is 4.25. The number of amides is 1. The zero-order valence-electron chi connectivity index (χ0n) is 17.1. The average molecular weight is 403 g/mol. The van der Waals surface area contributed by atoms with Gasteiger partial charge in [-0.1, -0.05) is 68.4 Å². The van der Waals surface area contributed by atoms with E-state index in [1.165, 1.54) is 0 Å². The van der Waals surface area contributed by atoms with E-state index < -0.39 is 6.09 Å². The van der Waals surface area contributed by atoms with Crippen molar-refractivity contribution in [3.8, 4) is 22.6 Å². The maximum absolute atomic E-state index is 11.3. The van der Waals surface area contributed by atoms with Crippen molar-refractivity contribution >= 4 is 6.09 Å². The van der Waals surface area contributed by atoms with Crippen molar-refractivity contribution < 1.29 is 19.4 Å². The van der Waals surface area contributed by atoms with Gasteiger partial charge in [0.1, 0.15) is 18.1 Å². The molecule has 0 saturated carbocycles. The number of rotatable bonds is 5. The Kier molecular flexibility index (Phi) is 5.36. The van der Waals surface area contributed by atoms with Gasteiger partial charge in [-0.2, -0.15) is 0 Å². The van der Waals surface area contributed by atoms with Crippen LogP contribution in [0.5, 0.6) is 11.5 Å². The monoisotopic (exact) mass is 403 g/mol. The molecule has 0 saturated heterocycles. The van der Waals surface area contributed by atoms with Gasteiger partial charge in [0.2, 0.25) is 0 Å². The van der Waals surface area contributed by atoms with Crippen LogP contribution < -0.4 is 14.8 Å². The minimum atomic E-state index is -1.03. The van der Waals surface area contributed by atoms with Gasteiger partial charge in [-0.15, -0.1) is 0 Å². The first-order chi connectivity index (χ1) is 14.4. The van der Waals surface area contributed by atoms with Gasteiger partial charge in [-0.25, -0.2) is 4.79 Å². The van der Waals surface area contributed by atoms with Crippen molar-refractivity contribution in [2.24, 2.45) is 5.41 Å². The maximum atomic E-state index is 11.3. The van der Waals surface area contributed by atoms with Crippen LogP contribution >= 0.6 is 0 Å². The Morgan fingerprint density at radius 3 is 2.60 bits per heavy atom. The summed E-state index contributed by atoms with van der Waals surface area (Å²) in [5.74, 6) is 1.50. The lowest BCUT2D eigenvalue weighted by molar-refractivity contribution is 0.0996. The number of carbonyl (C=O) groups is 1. The fourth-order valence-electron chi connectivity index (χ4n) is 3.75. The molecule has 154 valence electrons. The normalized spacial score (nSPS) is 16.8. The molecule has 1 amide bonds. The Morgan fingerprint density at radius 1 is 1.07 bits per heavy atom. The minimum Gasteiger partial charge on any atom is -0.493 e. The third-order valence-corrected chi connectivity index (χ3v) is 5.39. The first-order valence-corrected chi connectivity index (χ1v) is 9.96. The zero-order valence-corrected chi connectivity index (χ0v) is 17.1. The summed E-state index contributed by atoms with van der Waals surface area (Å²) in [5, 5.41) is 11.9. The molecule has 1 unspecified atom stereocenters. The number of carboxylic acid groups (broad SMARTS) is 1. The summed E-state index contributed by atoms with van der Waals surface area (Å²) < 4.78 is 11.9. The van der Waals surface area contributed by atoms with Crippen LogP contribution in [0, 0.1) is 5.41 Å². The first kappa shape index (κ1) is 19.8. The largest absolute Gasteiger partial charge is 0.493 e. The van der Waals surface area contributed by atoms with E-state index >= 15 is 0 Å². The van der Waals surface area contributed by atoms with Gasteiger partial charge < -0.3 is 19.9 Å². The smallest absolute Gasteiger partial charge is 0.405 e. The van der Waals surface area contributed by atoms with Crippen molar-refractivity contribution in [1.82, 2.24) is 5.32 Å². The summed E-state index contributed by atoms with van der Waals surface area (Å²) in [4.78, 5) is 11.3. The van der Waals surface area contributed by atoms with E-state index in [1.54, 1.807) is 0 Å². The van der Waals surface area contributed by atoms with Crippen molar-refractivity contribution in [2.75, 3.05) is 6.61 Å². The molecule has 0 aromatic heterocycles. The molecule has 1 aliphatic rings. The van der Waals surface area contributed by atoms with E-state index in [9.17, 15) is 9.90 Å². The molecule has 0 bridgehead atoms. The van der Waals surface area contributed by atoms with Gasteiger partial charge in [0.15, 0.2) is 0 Å². The second kappa shape index (κ2) is 8.11. The maximum Gasteiger partial charge on any atom is 0.405 e. The SMILES string of the molecule is CC1(C)COc2cc(-c3cccc(OCc4ccccc4)c3)ccc2C1NC(=O)O. The minimum absolute atomic E-state index is 0.326. The Hall–Kier alpha value is -3.47. The first-order valence-electron chi connectivity index (χ1n) is 9.96. The van der Waals surface area contributed by atoms with E-state index in [1.807, 2.05) is 86.6 Å². The molecule has 0 aliphatic carbocycles. The quantitative estimate of drug-likeness (QED) is 0.577. The summed E-state index contributed by atoms with van der Waals surface area (Å²) >= 11 is 0. The molecule has 5 heteroatoms. The Morgan fingerprint density at radius 2 is 1.83 bits per heavy atom. The summed E-state index contributed by atoms with van der Waals surface area (Å²) in [6.45, 7) is 4.94. The highest BCUT2D eigenvalue weighted by Crippen LogP contribution is 2.44. The molecule has 4 rings (SSSR count). The molecule has 5 nitrogen and oxygen atoms in total. The van der Waals surface area contributed by atoms with E-state index in [4.69, 9.17) is 9.47 Å². The van der Waals surface area contributed by atoms with Crippen molar-refractivity contribution in [2.45, 2.75) is 26.5 Å². The van der Waals surface area contributed by atoms with E-state index in [-0.39, 0.29) is 11.5 Å². The summed E-state index contributed by atoms with van der Waals surface area (Å²) in [5.41, 5.74) is 3.64. The molecule has 1 atom stereocenters. The fraction of sp³-hybridized carbons (Fsp3) is 0.240. The summed E-state index contributed by atoms with van der Waals surface area (Å²) in [7, 11) is 0. The molecule has 0 radical (unpaired) electrons. The van der Waals surface area contributed by atoms with Gasteiger partial charge in [0, 0.05) is 11.0 Å². The van der Waals surface area contributed by atoms with Gasteiger partial charge in [-0.3, -0.25) is 0 Å². The number of hydrogen-bond donors (Lipinski definition) is 2. The lowest BCUT2D eigenvalue weighted by Gasteiger charge is -2.39. The van der Waals surface area contributed by atoms with Crippen LogP contribution in [0.1, 0.15) is 31.0 Å². The highest BCUT2D eigenvalue weighted by molar-refractivity contribution is 5.69. The van der Waals surface area contributed by atoms with Crippen LogP contribution in [-0.4, -0.2) is 17.8 Å². The van der Waals surface area contributed by atoms with E-state index in [2.05, 4.69) is 5.32 Å². The van der Waals surface area contributed by atoms with Gasteiger partial charge in [0.05, 0.1) is 12.6 Å². The molecule has 0 spiro atoms. The van der Waals surface area contributed by atoms with Crippen molar-refractivity contribution in [3.05, 3.63) is 83.9 Å². The predicted octanol–water partition coefficient (Wildman–Crippen LogP) is 5.66. The molecule has 1 aliphatic heterocycles.